The summed E-state index contributed by atoms with van der Waals surface area (Å²) in [6.07, 6.45) is 1.75. The van der Waals surface area contributed by atoms with Crippen LogP contribution >= 0.6 is 11.3 Å². The Morgan fingerprint density at radius 1 is 1.18 bits per heavy atom. The molecule has 1 amide bonds. The molecule has 9 nitrogen and oxygen atoms in total. The number of nitrogens with one attached hydrogen (secondary N) is 2. The van der Waals surface area contributed by atoms with Gasteiger partial charge in [-0.25, -0.2) is 10.4 Å². The SMILES string of the molecule is Cc1cccc(/C=N/Nc2nc(N3CCOCC3)c3cc(C(=O)N4CCNCC4)sc3n2)c1. The average Bonchev–Trinajstić information content (AvgIpc) is 3.28. The third-order valence-electron chi connectivity index (χ3n) is 5.72. The number of anilines is 2. The molecule has 0 atom stereocenters. The van der Waals surface area contributed by atoms with Crippen LogP contribution in [0, 0.1) is 6.92 Å². The summed E-state index contributed by atoms with van der Waals surface area (Å²) in [6, 6.07) is 10.0. The molecule has 172 valence electrons. The number of fused-ring (bicyclic) bond motifs is 1. The van der Waals surface area contributed by atoms with Crippen molar-refractivity contribution in [2.45, 2.75) is 6.92 Å². The lowest BCUT2D eigenvalue weighted by atomic mass is 10.2. The fourth-order valence-corrected chi connectivity index (χ4v) is 5.01. The zero-order chi connectivity index (χ0) is 22.6. The van der Waals surface area contributed by atoms with Gasteiger partial charge in [-0.15, -0.1) is 11.3 Å². The maximum Gasteiger partial charge on any atom is 0.264 e. The van der Waals surface area contributed by atoms with E-state index in [1.54, 1.807) is 6.21 Å². The summed E-state index contributed by atoms with van der Waals surface area (Å²) in [4.78, 5) is 28.1. The highest BCUT2D eigenvalue weighted by Gasteiger charge is 2.24. The number of aromatic nitrogens is 2. The molecule has 0 radical (unpaired) electrons. The van der Waals surface area contributed by atoms with Gasteiger partial charge in [0.2, 0.25) is 5.95 Å². The zero-order valence-electron chi connectivity index (χ0n) is 18.6. The highest BCUT2D eigenvalue weighted by molar-refractivity contribution is 7.20. The van der Waals surface area contributed by atoms with Crippen molar-refractivity contribution in [3.63, 3.8) is 0 Å². The van der Waals surface area contributed by atoms with Gasteiger partial charge in [0.15, 0.2) is 0 Å². The van der Waals surface area contributed by atoms with Crippen LogP contribution in [-0.2, 0) is 4.74 Å². The van der Waals surface area contributed by atoms with Crippen LogP contribution in [0.15, 0.2) is 35.4 Å². The second kappa shape index (κ2) is 9.82. The van der Waals surface area contributed by atoms with Crippen molar-refractivity contribution in [1.82, 2.24) is 20.2 Å². The molecule has 33 heavy (non-hydrogen) atoms. The molecule has 2 aliphatic heterocycles. The summed E-state index contributed by atoms with van der Waals surface area (Å²) in [5.74, 6) is 1.28. The lowest BCUT2D eigenvalue weighted by molar-refractivity contribution is 0.0741. The summed E-state index contributed by atoms with van der Waals surface area (Å²) < 4.78 is 5.52. The molecule has 0 spiro atoms. The maximum absolute atomic E-state index is 13.1. The van der Waals surface area contributed by atoms with E-state index in [0.717, 1.165) is 60.9 Å². The van der Waals surface area contributed by atoms with E-state index >= 15 is 0 Å². The van der Waals surface area contributed by atoms with E-state index in [4.69, 9.17) is 9.72 Å². The highest BCUT2D eigenvalue weighted by Crippen LogP contribution is 2.33. The molecule has 0 saturated carbocycles. The molecule has 3 aromatic rings. The predicted molar refractivity (Wildman–Crippen MR) is 132 cm³/mol. The topological polar surface area (TPSA) is 95.0 Å². The molecule has 0 bridgehead atoms. The first-order valence-corrected chi connectivity index (χ1v) is 12.0. The molecule has 0 aliphatic carbocycles. The summed E-state index contributed by atoms with van der Waals surface area (Å²) in [5.41, 5.74) is 5.15. The van der Waals surface area contributed by atoms with Crippen LogP contribution in [-0.4, -0.2) is 79.5 Å². The number of rotatable bonds is 5. The number of carbonyl (C=O) groups is 1. The molecule has 0 unspecified atom stereocenters. The van der Waals surface area contributed by atoms with Gasteiger partial charge in [-0.3, -0.25) is 4.79 Å². The van der Waals surface area contributed by atoms with E-state index in [2.05, 4.69) is 31.8 Å². The number of ether oxygens (including phenoxy) is 1. The maximum atomic E-state index is 13.1. The van der Waals surface area contributed by atoms with Crippen molar-refractivity contribution in [2.24, 2.45) is 5.10 Å². The number of thiophene rings is 1. The van der Waals surface area contributed by atoms with Gasteiger partial charge in [0.25, 0.3) is 5.91 Å². The minimum Gasteiger partial charge on any atom is -0.378 e. The number of hydrogen-bond acceptors (Lipinski definition) is 9. The Hall–Kier alpha value is -3.08. The average molecular weight is 466 g/mol. The number of carbonyl (C=O) groups excluding carboxylic acids is 1. The van der Waals surface area contributed by atoms with Crippen molar-refractivity contribution in [1.29, 1.82) is 0 Å². The van der Waals surface area contributed by atoms with Crippen LogP contribution in [0.4, 0.5) is 11.8 Å². The van der Waals surface area contributed by atoms with Gasteiger partial charge in [-0.05, 0) is 18.6 Å². The number of amides is 1. The normalized spacial score (nSPS) is 17.1. The molecule has 10 heteroatoms. The Morgan fingerprint density at radius 3 is 2.79 bits per heavy atom. The van der Waals surface area contributed by atoms with E-state index in [1.807, 2.05) is 36.1 Å². The van der Waals surface area contributed by atoms with Gasteiger partial charge >= 0.3 is 0 Å². The molecular weight excluding hydrogens is 438 g/mol. The smallest absolute Gasteiger partial charge is 0.264 e. The number of hydrazone groups is 1. The van der Waals surface area contributed by atoms with E-state index in [9.17, 15) is 4.79 Å². The number of hydrogen-bond donors (Lipinski definition) is 2. The quantitative estimate of drug-likeness (QED) is 0.441. The summed E-state index contributed by atoms with van der Waals surface area (Å²) in [5, 5.41) is 8.53. The summed E-state index contributed by atoms with van der Waals surface area (Å²) >= 11 is 1.41. The molecule has 2 aliphatic rings. The Kier molecular flexibility index (Phi) is 6.47. The zero-order valence-corrected chi connectivity index (χ0v) is 19.4. The van der Waals surface area contributed by atoms with Gasteiger partial charge in [-0.1, -0.05) is 29.8 Å². The second-order valence-corrected chi connectivity index (χ2v) is 9.16. The molecular formula is C23H27N7O2S. The number of nitrogens with zero attached hydrogens (tertiary/aromatic N) is 5. The minimum atomic E-state index is 0.0550. The Morgan fingerprint density at radius 2 is 2.00 bits per heavy atom. The third kappa shape index (κ3) is 4.97. The van der Waals surface area contributed by atoms with Gasteiger partial charge in [-0.2, -0.15) is 10.1 Å². The van der Waals surface area contributed by atoms with Crippen molar-refractivity contribution in [3.8, 4) is 0 Å². The van der Waals surface area contributed by atoms with Crippen molar-refractivity contribution in [3.05, 3.63) is 46.3 Å². The van der Waals surface area contributed by atoms with E-state index in [1.165, 1.54) is 16.9 Å². The Balaban J connectivity index is 1.45. The lowest BCUT2D eigenvalue weighted by Gasteiger charge is -2.28. The van der Waals surface area contributed by atoms with Crippen LogP contribution in [0.1, 0.15) is 20.8 Å². The number of morpholine rings is 1. The third-order valence-corrected chi connectivity index (χ3v) is 6.74. The lowest BCUT2D eigenvalue weighted by Crippen LogP contribution is -2.46. The first-order valence-electron chi connectivity index (χ1n) is 11.2. The first-order chi connectivity index (χ1) is 16.2. The van der Waals surface area contributed by atoms with Gasteiger partial charge in [0.05, 0.1) is 29.7 Å². The van der Waals surface area contributed by atoms with Gasteiger partial charge in [0.1, 0.15) is 10.6 Å². The predicted octanol–water partition coefficient (Wildman–Crippen LogP) is 2.33. The van der Waals surface area contributed by atoms with Gasteiger partial charge in [0, 0.05) is 39.3 Å². The molecule has 5 rings (SSSR count). The van der Waals surface area contributed by atoms with Crippen molar-refractivity contribution in [2.75, 3.05) is 62.8 Å². The molecule has 2 saturated heterocycles. The molecule has 2 aromatic heterocycles. The summed E-state index contributed by atoms with van der Waals surface area (Å²) in [6.45, 7) is 7.92. The van der Waals surface area contributed by atoms with E-state index in [0.29, 0.717) is 24.0 Å². The first kappa shape index (κ1) is 21.7. The largest absolute Gasteiger partial charge is 0.378 e. The van der Waals surface area contributed by atoms with E-state index in [-0.39, 0.29) is 5.91 Å². The Bertz CT molecular complexity index is 1170. The highest BCUT2D eigenvalue weighted by atomic mass is 32.1. The number of piperazine rings is 1. The Labute approximate surface area is 196 Å². The second-order valence-electron chi connectivity index (χ2n) is 8.13. The van der Waals surface area contributed by atoms with Crippen LogP contribution in [0.2, 0.25) is 0 Å². The standard InChI is InChI=1S/C23H27N7O2S/c1-16-3-2-4-17(13-16)15-25-28-23-26-20(29-9-11-32-12-10-29)18-14-19(33-21(18)27-23)22(31)30-7-5-24-6-8-30/h2-4,13-15,24H,5-12H2,1H3,(H,26,27,28)/b25-15+. The van der Waals surface area contributed by atoms with Crippen molar-refractivity contribution >= 4 is 45.4 Å². The molecule has 2 N–H and O–H groups in total. The fraction of sp³-hybridized carbons (Fsp3) is 0.391. The van der Waals surface area contributed by atoms with Crippen molar-refractivity contribution < 1.29 is 9.53 Å². The molecule has 4 heterocycles. The van der Waals surface area contributed by atoms with Crippen LogP contribution in [0.25, 0.3) is 10.2 Å². The van der Waals surface area contributed by atoms with Crippen LogP contribution in [0.3, 0.4) is 0 Å². The number of aryl methyl sites for hydroxylation is 1. The van der Waals surface area contributed by atoms with Gasteiger partial charge < -0.3 is 19.9 Å². The summed E-state index contributed by atoms with van der Waals surface area (Å²) in [7, 11) is 0. The van der Waals surface area contributed by atoms with E-state index < -0.39 is 0 Å². The monoisotopic (exact) mass is 465 g/mol. The number of benzene rings is 1. The molecule has 2 fully saturated rings. The molecule has 1 aromatic carbocycles. The fourth-order valence-electron chi connectivity index (χ4n) is 4.02. The van der Waals surface area contributed by atoms with Crippen LogP contribution in [0.5, 0.6) is 0 Å². The van der Waals surface area contributed by atoms with Crippen LogP contribution < -0.4 is 15.6 Å². The minimum absolute atomic E-state index is 0.0550.